The van der Waals surface area contributed by atoms with Gasteiger partial charge in [-0.3, -0.25) is 10.1 Å². The first kappa shape index (κ1) is 17.6. The van der Waals surface area contributed by atoms with Gasteiger partial charge in [0.25, 0.3) is 5.91 Å². The second kappa shape index (κ2) is 8.72. The monoisotopic (exact) mass is 367 g/mol. The number of aromatic nitrogens is 2. The van der Waals surface area contributed by atoms with Crippen molar-refractivity contribution in [2.45, 2.75) is 13.1 Å². The predicted octanol–water partition coefficient (Wildman–Crippen LogP) is 2.79. The van der Waals surface area contributed by atoms with E-state index in [1.807, 2.05) is 60.7 Å². The minimum absolute atomic E-state index is 0.0980. The molecule has 0 radical (unpaired) electrons. The molecule has 0 aliphatic carbocycles. The second-order valence-electron chi connectivity index (χ2n) is 5.41. The van der Waals surface area contributed by atoms with E-state index in [4.69, 9.17) is 0 Å². The topological polar surface area (TPSA) is 96.0 Å². The summed E-state index contributed by atoms with van der Waals surface area (Å²) in [6, 6.07) is 18.6. The molecule has 3 aromatic rings. The maximum atomic E-state index is 12.3. The van der Waals surface area contributed by atoms with Crippen LogP contribution in [0.2, 0.25) is 0 Å². The third kappa shape index (κ3) is 4.87. The molecule has 0 saturated heterocycles. The van der Waals surface area contributed by atoms with Crippen molar-refractivity contribution in [2.75, 3.05) is 5.32 Å². The Morgan fingerprint density at radius 3 is 2.04 bits per heavy atom. The summed E-state index contributed by atoms with van der Waals surface area (Å²) < 4.78 is 3.76. The molecule has 0 aliphatic rings. The van der Waals surface area contributed by atoms with E-state index in [2.05, 4.69) is 25.5 Å². The van der Waals surface area contributed by atoms with Gasteiger partial charge >= 0.3 is 6.03 Å². The number of carbonyl (C=O) groups is 2. The van der Waals surface area contributed by atoms with Gasteiger partial charge in [-0.15, -0.1) is 5.10 Å². The van der Waals surface area contributed by atoms with Gasteiger partial charge < -0.3 is 10.6 Å². The summed E-state index contributed by atoms with van der Waals surface area (Å²) in [4.78, 5) is 24.3. The number of benzene rings is 2. The molecule has 0 unspecified atom stereocenters. The van der Waals surface area contributed by atoms with E-state index >= 15 is 0 Å². The molecule has 2 aromatic carbocycles. The summed E-state index contributed by atoms with van der Waals surface area (Å²) in [5.41, 5.74) is 2.05. The molecular weight excluding hydrogens is 350 g/mol. The lowest BCUT2D eigenvalue weighted by molar-refractivity contribution is 0.0947. The van der Waals surface area contributed by atoms with Crippen molar-refractivity contribution in [3.8, 4) is 0 Å². The van der Waals surface area contributed by atoms with Gasteiger partial charge in [-0.1, -0.05) is 65.2 Å². The molecule has 0 atom stereocenters. The van der Waals surface area contributed by atoms with Gasteiger partial charge in [0.15, 0.2) is 10.7 Å². The molecule has 26 heavy (non-hydrogen) atoms. The number of amides is 3. The van der Waals surface area contributed by atoms with Crippen molar-refractivity contribution in [1.29, 1.82) is 0 Å². The molecule has 3 N–H and O–H groups in total. The van der Waals surface area contributed by atoms with Gasteiger partial charge in [-0.2, -0.15) is 0 Å². The molecule has 0 fully saturated rings. The Hall–Kier alpha value is -3.26. The van der Waals surface area contributed by atoms with E-state index in [0.29, 0.717) is 18.1 Å². The summed E-state index contributed by atoms with van der Waals surface area (Å²) in [6.45, 7) is 0.755. The Bertz CT molecular complexity index is 868. The zero-order chi connectivity index (χ0) is 18.2. The molecule has 0 bridgehead atoms. The highest BCUT2D eigenvalue weighted by atomic mass is 32.1. The zero-order valence-corrected chi connectivity index (χ0v) is 14.6. The van der Waals surface area contributed by atoms with E-state index in [1.54, 1.807) is 0 Å². The third-order valence-corrected chi connectivity index (χ3v) is 4.16. The third-order valence-electron chi connectivity index (χ3n) is 3.52. The van der Waals surface area contributed by atoms with Crippen molar-refractivity contribution in [3.05, 3.63) is 77.5 Å². The summed E-state index contributed by atoms with van der Waals surface area (Å²) >= 11 is 0.956. The van der Waals surface area contributed by atoms with E-state index in [-0.39, 0.29) is 11.6 Å². The Balaban J connectivity index is 1.54. The molecule has 0 saturated carbocycles. The largest absolute Gasteiger partial charge is 0.346 e. The normalized spacial score (nSPS) is 10.2. The molecule has 0 spiro atoms. The lowest BCUT2D eigenvalue weighted by Gasteiger charge is -2.07. The number of hydrogen-bond donors (Lipinski definition) is 3. The SMILES string of the molecule is O=C(NCc1ccccc1)Nc1snnc1C(=O)NCc1ccccc1. The van der Waals surface area contributed by atoms with Crippen LogP contribution in [-0.2, 0) is 13.1 Å². The van der Waals surface area contributed by atoms with Crippen molar-refractivity contribution in [1.82, 2.24) is 20.2 Å². The van der Waals surface area contributed by atoms with Crippen LogP contribution in [-0.4, -0.2) is 21.5 Å². The first-order chi connectivity index (χ1) is 12.7. The molecule has 1 heterocycles. The summed E-state index contributed by atoms with van der Waals surface area (Å²) in [5, 5.41) is 12.2. The minimum atomic E-state index is -0.419. The first-order valence-corrected chi connectivity index (χ1v) is 8.73. The Morgan fingerprint density at radius 1 is 0.846 bits per heavy atom. The summed E-state index contributed by atoms with van der Waals surface area (Å²) in [7, 11) is 0. The van der Waals surface area contributed by atoms with E-state index in [0.717, 1.165) is 22.7 Å². The lowest BCUT2D eigenvalue weighted by Crippen LogP contribution is -2.29. The van der Waals surface area contributed by atoms with Crippen LogP contribution >= 0.6 is 11.5 Å². The standard InChI is InChI=1S/C18H17N5O2S/c24-16(19-11-13-7-3-1-4-8-13)15-17(26-23-22-15)21-18(25)20-12-14-9-5-2-6-10-14/h1-10H,11-12H2,(H,19,24)(H2,20,21,25). The van der Waals surface area contributed by atoms with Gasteiger partial charge in [0.1, 0.15) is 0 Å². The Labute approximate surface area is 154 Å². The van der Waals surface area contributed by atoms with Crippen LogP contribution in [0.5, 0.6) is 0 Å². The van der Waals surface area contributed by atoms with Crippen LogP contribution in [0, 0.1) is 0 Å². The summed E-state index contributed by atoms with van der Waals surface area (Å²) in [6.07, 6.45) is 0. The van der Waals surface area contributed by atoms with E-state index in [9.17, 15) is 9.59 Å². The van der Waals surface area contributed by atoms with Gasteiger partial charge in [-0.05, 0) is 11.1 Å². The molecule has 3 rings (SSSR count). The molecule has 132 valence electrons. The van der Waals surface area contributed by atoms with Crippen molar-refractivity contribution in [3.63, 3.8) is 0 Å². The number of nitrogens with one attached hydrogen (secondary N) is 3. The van der Waals surface area contributed by atoms with Gasteiger partial charge in [-0.25, -0.2) is 4.79 Å². The highest BCUT2D eigenvalue weighted by Crippen LogP contribution is 2.17. The quantitative estimate of drug-likeness (QED) is 0.624. The van der Waals surface area contributed by atoms with Crippen LogP contribution in [0.25, 0.3) is 0 Å². The lowest BCUT2D eigenvalue weighted by atomic mass is 10.2. The van der Waals surface area contributed by atoms with Crippen LogP contribution in [0.3, 0.4) is 0 Å². The fourth-order valence-corrected chi connectivity index (χ4v) is 2.77. The van der Waals surface area contributed by atoms with Crippen molar-refractivity contribution < 1.29 is 9.59 Å². The van der Waals surface area contributed by atoms with Crippen LogP contribution < -0.4 is 16.0 Å². The number of anilines is 1. The summed E-state index contributed by atoms with van der Waals surface area (Å²) in [5.74, 6) is -0.388. The number of nitrogens with zero attached hydrogens (tertiary/aromatic N) is 2. The Kier molecular flexibility index (Phi) is 5.89. The maximum absolute atomic E-state index is 12.3. The average molecular weight is 367 g/mol. The van der Waals surface area contributed by atoms with Gasteiger partial charge in [0.05, 0.1) is 0 Å². The second-order valence-corrected chi connectivity index (χ2v) is 6.17. The van der Waals surface area contributed by atoms with Crippen LogP contribution in [0.15, 0.2) is 60.7 Å². The first-order valence-electron chi connectivity index (χ1n) is 7.95. The minimum Gasteiger partial charge on any atom is -0.346 e. The molecule has 8 heteroatoms. The molecular formula is C18H17N5O2S. The fraction of sp³-hybridized carbons (Fsp3) is 0.111. The van der Waals surface area contributed by atoms with Crippen molar-refractivity contribution >= 4 is 28.5 Å². The van der Waals surface area contributed by atoms with Crippen molar-refractivity contribution in [2.24, 2.45) is 0 Å². The van der Waals surface area contributed by atoms with E-state index in [1.165, 1.54) is 0 Å². The Morgan fingerprint density at radius 2 is 1.42 bits per heavy atom. The fourth-order valence-electron chi connectivity index (χ4n) is 2.21. The zero-order valence-electron chi connectivity index (χ0n) is 13.8. The molecule has 3 amide bonds. The molecule has 0 aliphatic heterocycles. The average Bonchev–Trinajstić information content (AvgIpc) is 3.14. The van der Waals surface area contributed by atoms with Crippen LogP contribution in [0.1, 0.15) is 21.6 Å². The smallest absolute Gasteiger partial charge is 0.320 e. The highest BCUT2D eigenvalue weighted by molar-refractivity contribution is 7.10. The predicted molar refractivity (Wildman–Crippen MR) is 99.8 cm³/mol. The van der Waals surface area contributed by atoms with Gasteiger partial charge in [0.2, 0.25) is 0 Å². The number of urea groups is 1. The van der Waals surface area contributed by atoms with E-state index < -0.39 is 6.03 Å². The molecule has 7 nitrogen and oxygen atoms in total. The number of hydrogen-bond acceptors (Lipinski definition) is 5. The highest BCUT2D eigenvalue weighted by Gasteiger charge is 2.18. The number of carbonyl (C=O) groups excluding carboxylic acids is 2. The number of rotatable bonds is 6. The maximum Gasteiger partial charge on any atom is 0.320 e. The van der Waals surface area contributed by atoms with Crippen LogP contribution in [0.4, 0.5) is 9.80 Å². The van der Waals surface area contributed by atoms with Gasteiger partial charge in [0, 0.05) is 24.6 Å². The molecule has 1 aromatic heterocycles.